The smallest absolute Gasteiger partial charge is 0.416 e. The van der Waals surface area contributed by atoms with Gasteiger partial charge in [0, 0.05) is 17.1 Å². The summed E-state index contributed by atoms with van der Waals surface area (Å²) >= 11 is 0. The number of halogens is 3. The van der Waals surface area contributed by atoms with Crippen molar-refractivity contribution in [2.45, 2.75) is 6.18 Å². The number of hydrogen-bond acceptors (Lipinski definition) is 5. The van der Waals surface area contributed by atoms with E-state index < -0.39 is 17.8 Å². The number of alkyl halides is 3. The Bertz CT molecular complexity index is 1350. The van der Waals surface area contributed by atoms with E-state index in [-0.39, 0.29) is 11.6 Å². The van der Waals surface area contributed by atoms with Crippen LogP contribution in [0.15, 0.2) is 90.1 Å². The van der Waals surface area contributed by atoms with Crippen molar-refractivity contribution in [2.24, 2.45) is 10.7 Å². The number of aliphatic imine (C=N–C) groups is 1. The number of hydrogen-bond donors (Lipinski definition) is 2. The zero-order valence-electron chi connectivity index (χ0n) is 17.0. The van der Waals surface area contributed by atoms with Gasteiger partial charge in [0.2, 0.25) is 5.90 Å². The van der Waals surface area contributed by atoms with Crippen LogP contribution in [0.3, 0.4) is 0 Å². The van der Waals surface area contributed by atoms with Gasteiger partial charge in [-0.3, -0.25) is 10.4 Å². The molecule has 0 radical (unpaired) electrons. The average molecular weight is 450 g/mol. The minimum absolute atomic E-state index is 0.0447. The van der Waals surface area contributed by atoms with Gasteiger partial charge in [-0.05, 0) is 54.6 Å². The van der Waals surface area contributed by atoms with Crippen LogP contribution >= 0.6 is 0 Å². The molecule has 0 saturated carbocycles. The topological polar surface area (TPSA) is 93.6 Å². The zero-order valence-corrected chi connectivity index (χ0v) is 17.0. The van der Waals surface area contributed by atoms with Crippen molar-refractivity contribution in [3.8, 4) is 11.5 Å². The molecule has 0 spiro atoms. The standard InChI is InChI=1S/C24H17F3N4O2/c25-24(26,27)16-6-4-7-17(14-16)31-23(29)33-22(28)15-5-3-8-18(13-15)32-21-11-12-30-20-10-2-1-9-19(20)21/h1-14,28H,(H2,29,31). The molecule has 1 aromatic heterocycles. The summed E-state index contributed by atoms with van der Waals surface area (Å²) < 4.78 is 49.7. The Labute approximate surface area is 186 Å². The second-order valence-electron chi connectivity index (χ2n) is 6.89. The Morgan fingerprint density at radius 1 is 0.939 bits per heavy atom. The number of nitrogens with one attached hydrogen (secondary N) is 1. The molecule has 166 valence electrons. The van der Waals surface area contributed by atoms with Crippen LogP contribution in [0.25, 0.3) is 10.9 Å². The lowest BCUT2D eigenvalue weighted by Gasteiger charge is -2.11. The Morgan fingerprint density at radius 2 is 1.73 bits per heavy atom. The highest BCUT2D eigenvalue weighted by molar-refractivity contribution is 5.99. The highest BCUT2D eigenvalue weighted by Crippen LogP contribution is 2.31. The van der Waals surface area contributed by atoms with Crippen LogP contribution in [0.5, 0.6) is 11.5 Å². The van der Waals surface area contributed by atoms with Crippen molar-refractivity contribution in [3.05, 3.63) is 96.2 Å². The molecule has 0 aliphatic heterocycles. The first-order valence-electron chi connectivity index (χ1n) is 9.69. The number of pyridine rings is 1. The van der Waals surface area contributed by atoms with Gasteiger partial charge in [0.15, 0.2) is 0 Å². The first-order chi connectivity index (χ1) is 15.8. The van der Waals surface area contributed by atoms with Crippen LogP contribution < -0.4 is 10.5 Å². The largest absolute Gasteiger partial charge is 0.457 e. The van der Waals surface area contributed by atoms with Crippen LogP contribution in [0.2, 0.25) is 0 Å². The molecule has 33 heavy (non-hydrogen) atoms. The molecule has 0 aliphatic carbocycles. The van der Waals surface area contributed by atoms with Crippen molar-refractivity contribution in [2.75, 3.05) is 0 Å². The molecule has 9 heteroatoms. The summed E-state index contributed by atoms with van der Waals surface area (Å²) in [5.41, 5.74) is 5.91. The van der Waals surface area contributed by atoms with Gasteiger partial charge in [-0.15, -0.1) is 0 Å². The monoisotopic (exact) mass is 450 g/mol. The molecule has 3 aromatic carbocycles. The van der Waals surface area contributed by atoms with Crippen LogP contribution in [-0.2, 0) is 10.9 Å². The number of nitrogens with two attached hydrogens (primary N) is 1. The Hall–Kier alpha value is -4.40. The van der Waals surface area contributed by atoms with Crippen molar-refractivity contribution in [3.63, 3.8) is 0 Å². The van der Waals surface area contributed by atoms with Gasteiger partial charge in [-0.1, -0.05) is 24.3 Å². The minimum atomic E-state index is -4.51. The fourth-order valence-electron chi connectivity index (χ4n) is 3.05. The van der Waals surface area contributed by atoms with Gasteiger partial charge in [0.05, 0.1) is 16.8 Å². The Kier molecular flexibility index (Phi) is 5.95. The van der Waals surface area contributed by atoms with Gasteiger partial charge in [0.25, 0.3) is 6.02 Å². The maximum atomic E-state index is 12.9. The highest BCUT2D eigenvalue weighted by atomic mass is 19.4. The molecular weight excluding hydrogens is 433 g/mol. The van der Waals surface area contributed by atoms with Gasteiger partial charge >= 0.3 is 6.18 Å². The van der Waals surface area contributed by atoms with Gasteiger partial charge in [0.1, 0.15) is 11.5 Å². The molecule has 4 aromatic rings. The molecule has 0 aliphatic rings. The van der Waals surface area contributed by atoms with E-state index in [4.69, 9.17) is 20.6 Å². The van der Waals surface area contributed by atoms with E-state index >= 15 is 0 Å². The normalized spacial score (nSPS) is 11.9. The summed E-state index contributed by atoms with van der Waals surface area (Å²) in [5.74, 6) is 0.703. The summed E-state index contributed by atoms with van der Waals surface area (Å²) in [7, 11) is 0. The third-order valence-corrected chi connectivity index (χ3v) is 4.55. The predicted octanol–water partition coefficient (Wildman–Crippen LogP) is 6.03. The number of rotatable bonds is 4. The maximum Gasteiger partial charge on any atom is 0.416 e. The first kappa shape index (κ1) is 21.8. The molecule has 0 amide bonds. The molecule has 0 saturated heterocycles. The molecule has 1 heterocycles. The molecule has 6 nitrogen and oxygen atoms in total. The van der Waals surface area contributed by atoms with Crippen LogP contribution in [-0.4, -0.2) is 16.9 Å². The zero-order chi connectivity index (χ0) is 23.4. The summed E-state index contributed by atoms with van der Waals surface area (Å²) in [5, 5.41) is 8.97. The number of aromatic nitrogens is 1. The van der Waals surface area contributed by atoms with Crippen molar-refractivity contribution in [1.29, 1.82) is 5.41 Å². The summed E-state index contributed by atoms with van der Waals surface area (Å²) in [4.78, 5) is 8.11. The molecule has 4 rings (SSSR count). The average Bonchev–Trinajstić information content (AvgIpc) is 2.79. The van der Waals surface area contributed by atoms with Crippen LogP contribution in [0.4, 0.5) is 18.9 Å². The second-order valence-corrected chi connectivity index (χ2v) is 6.89. The maximum absolute atomic E-state index is 12.9. The van der Waals surface area contributed by atoms with E-state index in [9.17, 15) is 13.2 Å². The molecule has 0 bridgehead atoms. The minimum Gasteiger partial charge on any atom is -0.457 e. The number of fused-ring (bicyclic) bond motifs is 1. The van der Waals surface area contributed by atoms with E-state index in [0.717, 1.165) is 23.0 Å². The predicted molar refractivity (Wildman–Crippen MR) is 119 cm³/mol. The lowest BCUT2D eigenvalue weighted by atomic mass is 10.2. The van der Waals surface area contributed by atoms with Crippen molar-refractivity contribution >= 4 is 28.5 Å². The number of para-hydroxylation sites is 1. The third-order valence-electron chi connectivity index (χ3n) is 4.55. The van der Waals surface area contributed by atoms with Crippen LogP contribution in [0, 0.1) is 5.41 Å². The molecule has 3 N–H and O–H groups in total. The Balaban J connectivity index is 1.50. The Morgan fingerprint density at radius 3 is 2.55 bits per heavy atom. The molecule has 0 atom stereocenters. The van der Waals surface area contributed by atoms with Crippen molar-refractivity contribution < 1.29 is 22.6 Å². The summed E-state index contributed by atoms with van der Waals surface area (Å²) in [6.07, 6.45) is -2.87. The van der Waals surface area contributed by atoms with E-state index in [2.05, 4.69) is 9.98 Å². The van der Waals surface area contributed by atoms with E-state index in [1.54, 1.807) is 36.5 Å². The molecular formula is C24H17F3N4O2. The first-order valence-corrected chi connectivity index (χ1v) is 9.69. The van der Waals surface area contributed by atoms with Gasteiger partial charge in [-0.2, -0.15) is 18.2 Å². The van der Waals surface area contributed by atoms with E-state index in [0.29, 0.717) is 17.1 Å². The highest BCUT2D eigenvalue weighted by Gasteiger charge is 2.30. The number of nitrogens with zero attached hydrogens (tertiary/aromatic N) is 2. The lowest BCUT2D eigenvalue weighted by Crippen LogP contribution is -2.20. The van der Waals surface area contributed by atoms with Crippen molar-refractivity contribution in [1.82, 2.24) is 4.98 Å². The van der Waals surface area contributed by atoms with Crippen LogP contribution in [0.1, 0.15) is 11.1 Å². The molecule has 0 fully saturated rings. The summed E-state index contributed by atoms with van der Waals surface area (Å²) in [6.45, 7) is 0. The SMILES string of the molecule is N=C(OC(N)=Nc1cccc(C(F)(F)F)c1)c1cccc(Oc2ccnc3ccccc23)c1. The lowest BCUT2D eigenvalue weighted by molar-refractivity contribution is -0.137. The molecule has 0 unspecified atom stereocenters. The number of benzene rings is 3. The van der Waals surface area contributed by atoms with Gasteiger partial charge < -0.3 is 15.2 Å². The number of ether oxygens (including phenoxy) is 2. The quantitative estimate of drug-likeness (QED) is 0.293. The van der Waals surface area contributed by atoms with Gasteiger partial charge in [-0.25, -0.2) is 0 Å². The summed E-state index contributed by atoms with van der Waals surface area (Å²) in [6, 6.07) is 19.7. The second kappa shape index (κ2) is 8.99. The third kappa shape index (κ3) is 5.27. The van der Waals surface area contributed by atoms with E-state index in [1.165, 1.54) is 12.1 Å². The van der Waals surface area contributed by atoms with E-state index in [1.807, 2.05) is 24.3 Å². The number of amidine groups is 1. The fourth-order valence-corrected chi connectivity index (χ4v) is 3.05. The fraction of sp³-hybridized carbons (Fsp3) is 0.0417.